The van der Waals surface area contributed by atoms with Crippen LogP contribution in [0.15, 0.2) is 85.2 Å². The predicted molar refractivity (Wildman–Crippen MR) is 238 cm³/mol. The number of carbonyl (C=O) groups excluding carboxylic acids is 4. The van der Waals surface area contributed by atoms with Crippen LogP contribution in [0.5, 0.6) is 0 Å². The molecule has 4 N–H and O–H groups in total. The Morgan fingerprint density at radius 1 is 0.574 bits per heavy atom. The predicted octanol–water partition coefficient (Wildman–Crippen LogP) is 7.09. The Bertz CT molecular complexity index is 2040. The van der Waals surface area contributed by atoms with E-state index in [2.05, 4.69) is 53.2 Å². The maximum absolute atomic E-state index is 12.3. The number of hydrogen-bond donors (Lipinski definition) is 4. The van der Waals surface area contributed by atoms with Crippen LogP contribution in [0.1, 0.15) is 43.3 Å². The summed E-state index contributed by atoms with van der Waals surface area (Å²) in [5, 5.41) is 11.3. The lowest BCUT2D eigenvalue weighted by atomic mass is 10.1. The molecule has 2 aliphatic heterocycles. The molecule has 0 unspecified atom stereocenters. The Labute approximate surface area is 359 Å². The maximum atomic E-state index is 12.3. The van der Waals surface area contributed by atoms with Gasteiger partial charge >= 0.3 is 24.2 Å². The number of nitrogens with one attached hydrogen (secondary N) is 4. The van der Waals surface area contributed by atoms with Crippen LogP contribution in [-0.2, 0) is 22.3 Å². The van der Waals surface area contributed by atoms with Crippen LogP contribution < -0.4 is 21.3 Å². The van der Waals surface area contributed by atoms with Gasteiger partial charge < -0.3 is 40.5 Å². The number of hydrogen-bond acceptors (Lipinski definition) is 10. The van der Waals surface area contributed by atoms with Gasteiger partial charge in [-0.1, -0.05) is 24.3 Å². The molecule has 61 heavy (non-hydrogen) atoms. The Balaban J connectivity index is 0.000000232. The summed E-state index contributed by atoms with van der Waals surface area (Å²) in [5.41, 5.74) is 6.41. The van der Waals surface area contributed by atoms with E-state index in [-0.39, 0.29) is 24.2 Å². The highest BCUT2D eigenvalue weighted by atomic mass is 16.6. The van der Waals surface area contributed by atoms with Crippen molar-refractivity contribution in [3.63, 3.8) is 0 Å². The molecule has 4 aromatic rings. The molecule has 2 saturated heterocycles. The van der Waals surface area contributed by atoms with E-state index < -0.39 is 5.60 Å². The Morgan fingerprint density at radius 2 is 0.984 bits per heavy atom. The normalized spacial score (nSPS) is 14.5. The lowest BCUT2D eigenvalue weighted by Gasteiger charge is -2.35. The fraction of sp³-hybridized carbons (Fsp3) is 0.422. The van der Waals surface area contributed by atoms with Crippen molar-refractivity contribution in [1.29, 1.82) is 0 Å². The number of anilines is 4. The van der Waals surface area contributed by atoms with Crippen LogP contribution in [0.2, 0.25) is 0 Å². The van der Waals surface area contributed by atoms with Gasteiger partial charge in [0.15, 0.2) is 0 Å². The van der Waals surface area contributed by atoms with Gasteiger partial charge in [-0.15, -0.1) is 0 Å². The molecule has 2 aromatic carbocycles. The minimum Gasteiger partial charge on any atom is -0.453 e. The van der Waals surface area contributed by atoms with Crippen molar-refractivity contribution in [1.82, 2.24) is 29.6 Å². The maximum Gasteiger partial charge on any atom is 0.410 e. The number of urea groups is 2. The largest absolute Gasteiger partial charge is 0.453 e. The first-order chi connectivity index (χ1) is 29.2. The Morgan fingerprint density at radius 3 is 1.36 bits per heavy atom. The molecule has 16 heteroatoms. The smallest absolute Gasteiger partial charge is 0.410 e. The van der Waals surface area contributed by atoms with Gasteiger partial charge in [-0.3, -0.25) is 19.8 Å². The summed E-state index contributed by atoms with van der Waals surface area (Å²) in [6, 6.07) is 22.4. The molecular weight excluding hydrogens is 777 g/mol. The third kappa shape index (κ3) is 16.0. The molecule has 2 aromatic heterocycles. The molecule has 16 nitrogen and oxygen atoms in total. The third-order valence-corrected chi connectivity index (χ3v) is 9.97. The van der Waals surface area contributed by atoms with Crippen LogP contribution in [0.3, 0.4) is 0 Å². The Hall–Kier alpha value is -6.26. The fourth-order valence-corrected chi connectivity index (χ4v) is 6.62. The van der Waals surface area contributed by atoms with E-state index in [1.807, 2.05) is 95.3 Å². The van der Waals surface area contributed by atoms with Crippen molar-refractivity contribution in [2.45, 2.75) is 53.1 Å². The first-order valence-electron chi connectivity index (χ1n) is 20.7. The van der Waals surface area contributed by atoms with E-state index >= 15 is 0 Å². The van der Waals surface area contributed by atoms with Crippen LogP contribution in [0.25, 0.3) is 0 Å². The molecule has 0 bridgehead atoms. The minimum absolute atomic E-state index is 0.240. The summed E-state index contributed by atoms with van der Waals surface area (Å²) < 4.78 is 10.2. The SMILES string of the molecule is COC(=O)N1CCN(CCc2cccc(NC(=O)Nc3ccc(C)nc3)c2)CC1.Cc1ccc(NC(=O)Nc2cccc(CCN3CCN(C(=O)OC(C)(C)C)CC3)c2)cn1. The summed E-state index contributed by atoms with van der Waals surface area (Å²) in [5.74, 6) is 0. The van der Waals surface area contributed by atoms with E-state index in [0.29, 0.717) is 37.6 Å². The van der Waals surface area contributed by atoms with Crippen molar-refractivity contribution in [3.05, 3.63) is 108 Å². The van der Waals surface area contributed by atoms with Gasteiger partial charge in [0, 0.05) is 88.2 Å². The zero-order chi connectivity index (χ0) is 43.8. The quantitative estimate of drug-likeness (QED) is 0.129. The van der Waals surface area contributed by atoms with Gasteiger partial charge in [0.05, 0.1) is 30.9 Å². The molecule has 6 amide bonds. The van der Waals surface area contributed by atoms with Crippen LogP contribution >= 0.6 is 0 Å². The number of aromatic nitrogens is 2. The van der Waals surface area contributed by atoms with E-state index in [9.17, 15) is 19.2 Å². The highest BCUT2D eigenvalue weighted by Gasteiger charge is 2.26. The average molecular weight is 837 g/mol. The van der Waals surface area contributed by atoms with Crippen LogP contribution in [0, 0.1) is 13.8 Å². The number of pyridine rings is 2. The van der Waals surface area contributed by atoms with E-state index in [4.69, 9.17) is 9.47 Å². The first-order valence-corrected chi connectivity index (χ1v) is 20.7. The fourth-order valence-electron chi connectivity index (χ4n) is 6.62. The third-order valence-electron chi connectivity index (χ3n) is 9.97. The zero-order valence-electron chi connectivity index (χ0n) is 36.2. The van der Waals surface area contributed by atoms with Crippen molar-refractivity contribution in [3.8, 4) is 0 Å². The molecule has 0 radical (unpaired) electrons. The van der Waals surface area contributed by atoms with E-state index in [0.717, 1.165) is 86.0 Å². The first kappa shape index (κ1) is 45.8. The van der Waals surface area contributed by atoms with Crippen molar-refractivity contribution in [2.24, 2.45) is 0 Å². The lowest BCUT2D eigenvalue weighted by Crippen LogP contribution is -2.50. The summed E-state index contributed by atoms with van der Waals surface area (Å²) >= 11 is 0. The standard InChI is InChI=1S/C24H33N5O3.C21H27N5O3/c1-18-8-9-21(17-25-18)27-22(30)26-20-7-5-6-19(16-20)10-11-28-12-14-29(15-13-28)23(31)32-24(2,3)4;1-16-6-7-19(15-22-16)24-20(27)23-18-5-3-4-17(14-18)8-9-25-10-12-26(13-11-25)21(28)29-2/h5-9,16-17H,10-15H2,1-4H3,(H2,26,27,30);3-7,14-15H,8-13H2,1-2H3,(H2,23,24,27). The molecule has 6 rings (SSSR count). The summed E-state index contributed by atoms with van der Waals surface area (Å²) in [6.07, 6.45) is 4.50. The number of carbonyl (C=O) groups is 4. The summed E-state index contributed by atoms with van der Waals surface area (Å²) in [6.45, 7) is 17.3. The zero-order valence-corrected chi connectivity index (χ0v) is 36.2. The number of piperazine rings is 2. The second-order valence-electron chi connectivity index (χ2n) is 16.0. The van der Waals surface area contributed by atoms with Gasteiger partial charge in [-0.2, -0.15) is 0 Å². The molecule has 0 spiro atoms. The van der Waals surface area contributed by atoms with Crippen molar-refractivity contribution >= 4 is 47.0 Å². The van der Waals surface area contributed by atoms with Gasteiger partial charge in [-0.25, -0.2) is 19.2 Å². The van der Waals surface area contributed by atoms with Crippen molar-refractivity contribution < 1.29 is 28.7 Å². The number of ether oxygens (including phenoxy) is 2. The molecule has 2 aliphatic rings. The molecule has 0 atom stereocenters. The average Bonchev–Trinajstić information content (AvgIpc) is 3.24. The Kier molecular flexibility index (Phi) is 16.8. The molecule has 0 saturated carbocycles. The number of benzene rings is 2. The highest BCUT2D eigenvalue weighted by molar-refractivity contribution is 6.00. The molecule has 326 valence electrons. The van der Waals surface area contributed by atoms with Crippen LogP contribution in [0.4, 0.5) is 41.9 Å². The van der Waals surface area contributed by atoms with Gasteiger partial charge in [0.25, 0.3) is 0 Å². The summed E-state index contributed by atoms with van der Waals surface area (Å²) in [7, 11) is 1.41. The van der Waals surface area contributed by atoms with E-state index in [1.54, 1.807) is 22.2 Å². The summed E-state index contributed by atoms with van der Waals surface area (Å²) in [4.78, 5) is 64.7. The van der Waals surface area contributed by atoms with Gasteiger partial charge in [0.1, 0.15) is 5.60 Å². The molecular formula is C45H60N10O6. The number of amides is 6. The minimum atomic E-state index is -0.471. The second-order valence-corrected chi connectivity index (χ2v) is 16.0. The number of methoxy groups -OCH3 is 1. The number of nitrogens with zero attached hydrogens (tertiary/aromatic N) is 6. The van der Waals surface area contributed by atoms with Crippen LogP contribution in [-0.4, -0.2) is 132 Å². The second kappa shape index (κ2) is 22.4. The van der Waals surface area contributed by atoms with Gasteiger partial charge in [0.2, 0.25) is 0 Å². The molecule has 4 heterocycles. The molecule has 0 aliphatic carbocycles. The lowest BCUT2D eigenvalue weighted by molar-refractivity contribution is 0.0146. The number of rotatable bonds is 10. The number of aryl methyl sites for hydroxylation is 2. The molecule has 2 fully saturated rings. The van der Waals surface area contributed by atoms with Gasteiger partial charge in [-0.05, 0) is 107 Å². The topological polar surface area (TPSA) is 174 Å². The van der Waals surface area contributed by atoms with Crippen molar-refractivity contribution in [2.75, 3.05) is 93.8 Å². The van der Waals surface area contributed by atoms with E-state index in [1.165, 1.54) is 7.11 Å². The highest BCUT2D eigenvalue weighted by Crippen LogP contribution is 2.17. The monoisotopic (exact) mass is 836 g/mol.